The molecular weight excluding hydrogens is 306 g/mol. The van der Waals surface area contributed by atoms with Crippen LogP contribution in [0, 0.1) is 0 Å². The van der Waals surface area contributed by atoms with Crippen LogP contribution in [0.4, 0.5) is 0 Å². The minimum absolute atomic E-state index is 0.0692. The molecule has 0 N–H and O–H groups in total. The average molecular weight is 325 g/mol. The van der Waals surface area contributed by atoms with Crippen LogP contribution in [0.1, 0.15) is 41.5 Å². The summed E-state index contributed by atoms with van der Waals surface area (Å²) < 4.78 is 15.6. The van der Waals surface area contributed by atoms with E-state index in [1.165, 1.54) is 4.57 Å². The Hall–Kier alpha value is -2.64. The van der Waals surface area contributed by atoms with Gasteiger partial charge in [-0.2, -0.15) is 0 Å². The Balaban J connectivity index is 3.31. The van der Waals surface area contributed by atoms with Gasteiger partial charge in [0.2, 0.25) is 5.43 Å². The first kappa shape index (κ1) is 18.4. The van der Waals surface area contributed by atoms with Crippen molar-refractivity contribution in [3.63, 3.8) is 0 Å². The van der Waals surface area contributed by atoms with E-state index in [-0.39, 0.29) is 37.5 Å². The molecule has 0 saturated heterocycles. The van der Waals surface area contributed by atoms with Crippen molar-refractivity contribution in [1.29, 1.82) is 0 Å². The Morgan fingerprint density at radius 3 is 1.70 bits per heavy atom. The number of ether oxygens (including phenoxy) is 3. The maximum atomic E-state index is 12.2. The van der Waals surface area contributed by atoms with Crippen LogP contribution >= 0.6 is 0 Å². The molecule has 1 aromatic heterocycles. The van der Waals surface area contributed by atoms with Gasteiger partial charge in [-0.05, 0) is 20.8 Å². The molecule has 8 heteroatoms. The van der Waals surface area contributed by atoms with Crippen molar-refractivity contribution in [2.45, 2.75) is 27.3 Å². The van der Waals surface area contributed by atoms with Crippen LogP contribution in [0.5, 0.6) is 0 Å². The molecule has 0 unspecified atom stereocenters. The van der Waals surface area contributed by atoms with Crippen LogP contribution in [0.25, 0.3) is 0 Å². The molecule has 0 saturated carbocycles. The zero-order chi connectivity index (χ0) is 17.4. The Labute approximate surface area is 132 Å². The van der Waals surface area contributed by atoms with E-state index in [0.717, 1.165) is 12.4 Å². The number of rotatable bonds is 7. The van der Waals surface area contributed by atoms with Crippen LogP contribution in [0.15, 0.2) is 17.2 Å². The van der Waals surface area contributed by atoms with Crippen molar-refractivity contribution in [2.24, 2.45) is 0 Å². The van der Waals surface area contributed by atoms with Gasteiger partial charge in [0.15, 0.2) is 0 Å². The summed E-state index contributed by atoms with van der Waals surface area (Å²) in [5.74, 6) is -2.32. The molecule has 1 rings (SSSR count). The third-order valence-corrected chi connectivity index (χ3v) is 2.69. The number of esters is 3. The lowest BCUT2D eigenvalue weighted by atomic mass is 10.2. The van der Waals surface area contributed by atoms with Gasteiger partial charge in [-0.3, -0.25) is 9.59 Å². The first-order valence-electron chi connectivity index (χ1n) is 7.18. The van der Waals surface area contributed by atoms with Gasteiger partial charge in [0.05, 0.1) is 19.8 Å². The topological polar surface area (TPSA) is 101 Å². The van der Waals surface area contributed by atoms with Crippen LogP contribution in [0.2, 0.25) is 0 Å². The van der Waals surface area contributed by atoms with Crippen LogP contribution < -0.4 is 5.43 Å². The van der Waals surface area contributed by atoms with Crippen molar-refractivity contribution in [3.8, 4) is 0 Å². The quantitative estimate of drug-likeness (QED) is 0.539. The Kier molecular flexibility index (Phi) is 6.98. The van der Waals surface area contributed by atoms with E-state index in [1.54, 1.807) is 20.8 Å². The van der Waals surface area contributed by atoms with Crippen LogP contribution in [-0.4, -0.2) is 42.3 Å². The number of nitrogens with zero attached hydrogens (tertiary/aromatic N) is 1. The Morgan fingerprint density at radius 2 is 1.30 bits per heavy atom. The van der Waals surface area contributed by atoms with Gasteiger partial charge in [-0.15, -0.1) is 0 Å². The summed E-state index contributed by atoms with van der Waals surface area (Å²) >= 11 is 0. The molecule has 1 aromatic rings. The molecule has 23 heavy (non-hydrogen) atoms. The second kappa shape index (κ2) is 8.72. The summed E-state index contributed by atoms with van der Waals surface area (Å²) in [6.45, 7) is 4.90. The van der Waals surface area contributed by atoms with E-state index < -0.39 is 23.3 Å². The fraction of sp³-hybridized carbons (Fsp3) is 0.467. The monoisotopic (exact) mass is 325 g/mol. The molecule has 1 heterocycles. The fourth-order valence-corrected chi connectivity index (χ4v) is 1.79. The van der Waals surface area contributed by atoms with Gasteiger partial charge in [0.25, 0.3) is 0 Å². The lowest BCUT2D eigenvalue weighted by Crippen LogP contribution is -2.28. The summed E-state index contributed by atoms with van der Waals surface area (Å²) in [6, 6.07) is 0. The average Bonchev–Trinajstić information content (AvgIpc) is 2.49. The summed E-state index contributed by atoms with van der Waals surface area (Å²) in [5, 5.41) is 0. The maximum absolute atomic E-state index is 12.2. The zero-order valence-corrected chi connectivity index (χ0v) is 13.3. The molecule has 126 valence electrons. The number of carbonyl (C=O) groups excluding carboxylic acids is 3. The minimum atomic E-state index is -0.874. The highest BCUT2D eigenvalue weighted by Gasteiger charge is 2.21. The molecule has 0 aliphatic heterocycles. The summed E-state index contributed by atoms with van der Waals surface area (Å²) in [7, 11) is 0. The number of hydrogen-bond donors (Lipinski definition) is 0. The van der Waals surface area contributed by atoms with Crippen molar-refractivity contribution in [3.05, 3.63) is 33.7 Å². The highest BCUT2D eigenvalue weighted by Crippen LogP contribution is 2.04. The third-order valence-electron chi connectivity index (χ3n) is 2.69. The predicted molar refractivity (Wildman–Crippen MR) is 79.2 cm³/mol. The molecule has 0 radical (unpaired) electrons. The predicted octanol–water partition coefficient (Wildman–Crippen LogP) is 0.765. The Morgan fingerprint density at radius 1 is 0.870 bits per heavy atom. The maximum Gasteiger partial charge on any atom is 0.343 e. The van der Waals surface area contributed by atoms with E-state index >= 15 is 0 Å². The van der Waals surface area contributed by atoms with E-state index in [2.05, 4.69) is 0 Å². The molecular formula is C15H19NO7. The smallest absolute Gasteiger partial charge is 0.343 e. The lowest BCUT2D eigenvalue weighted by molar-refractivity contribution is -0.143. The third kappa shape index (κ3) is 4.94. The molecule has 0 aliphatic rings. The molecule has 8 nitrogen and oxygen atoms in total. The SMILES string of the molecule is CCOC(=O)Cn1cc(C(=O)OCC)c(=O)c(C(=O)OCC)c1. The number of aromatic nitrogens is 1. The van der Waals surface area contributed by atoms with Crippen molar-refractivity contribution in [1.82, 2.24) is 4.57 Å². The molecule has 0 bridgehead atoms. The molecule has 0 fully saturated rings. The first-order chi connectivity index (χ1) is 10.9. The zero-order valence-electron chi connectivity index (χ0n) is 13.3. The summed E-state index contributed by atoms with van der Waals surface area (Å²) in [5.41, 5.74) is -1.49. The van der Waals surface area contributed by atoms with E-state index in [4.69, 9.17) is 14.2 Å². The molecule has 0 aliphatic carbocycles. The second-order valence-corrected chi connectivity index (χ2v) is 4.33. The molecule has 0 aromatic carbocycles. The standard InChI is InChI=1S/C15H19NO7/c1-4-21-12(17)9-16-7-10(14(19)22-5-2)13(18)11(8-16)15(20)23-6-3/h7-8H,4-6,9H2,1-3H3. The van der Waals surface area contributed by atoms with Gasteiger partial charge in [0.1, 0.15) is 17.7 Å². The van der Waals surface area contributed by atoms with Crippen molar-refractivity contribution in [2.75, 3.05) is 19.8 Å². The molecule has 0 amide bonds. The van der Waals surface area contributed by atoms with Gasteiger partial charge < -0.3 is 18.8 Å². The van der Waals surface area contributed by atoms with Gasteiger partial charge >= 0.3 is 17.9 Å². The first-order valence-corrected chi connectivity index (χ1v) is 7.18. The molecule has 0 atom stereocenters. The van der Waals surface area contributed by atoms with E-state index in [9.17, 15) is 19.2 Å². The number of pyridine rings is 1. The largest absolute Gasteiger partial charge is 0.465 e. The van der Waals surface area contributed by atoms with E-state index in [1.807, 2.05) is 0 Å². The van der Waals surface area contributed by atoms with Crippen LogP contribution in [0.3, 0.4) is 0 Å². The molecule has 0 spiro atoms. The summed E-state index contributed by atoms with van der Waals surface area (Å²) in [6.07, 6.45) is 2.31. The number of carbonyl (C=O) groups is 3. The lowest BCUT2D eigenvalue weighted by Gasteiger charge is -2.11. The van der Waals surface area contributed by atoms with Crippen molar-refractivity contribution < 1.29 is 28.6 Å². The second-order valence-electron chi connectivity index (χ2n) is 4.33. The fourth-order valence-electron chi connectivity index (χ4n) is 1.79. The van der Waals surface area contributed by atoms with Gasteiger partial charge in [-0.1, -0.05) is 0 Å². The highest BCUT2D eigenvalue weighted by atomic mass is 16.5. The summed E-state index contributed by atoms with van der Waals surface area (Å²) in [4.78, 5) is 47.5. The van der Waals surface area contributed by atoms with Crippen molar-refractivity contribution >= 4 is 17.9 Å². The van der Waals surface area contributed by atoms with Gasteiger partial charge in [0, 0.05) is 12.4 Å². The Bertz CT molecular complexity index is 605. The van der Waals surface area contributed by atoms with Gasteiger partial charge in [-0.25, -0.2) is 9.59 Å². The normalized spacial score (nSPS) is 10.0. The van der Waals surface area contributed by atoms with E-state index in [0.29, 0.717) is 0 Å². The highest BCUT2D eigenvalue weighted by molar-refractivity contribution is 5.94. The minimum Gasteiger partial charge on any atom is -0.465 e. The van der Waals surface area contributed by atoms with Crippen LogP contribution in [-0.2, 0) is 25.5 Å². The number of hydrogen-bond acceptors (Lipinski definition) is 7.